The maximum atomic E-state index is 5.82. The molecule has 0 fully saturated rings. The summed E-state index contributed by atoms with van der Waals surface area (Å²) < 4.78 is 5.82. The van der Waals surface area contributed by atoms with Crippen LogP contribution in [0.15, 0.2) is 48.9 Å². The molecule has 3 aromatic rings. The summed E-state index contributed by atoms with van der Waals surface area (Å²) in [6.45, 7) is 1.46. The minimum Gasteiger partial charge on any atom is -0.492 e. The number of H-pyrrole nitrogens is 1. The summed E-state index contributed by atoms with van der Waals surface area (Å²) in [5, 5.41) is 10.2. The molecule has 0 unspecified atom stereocenters. The van der Waals surface area contributed by atoms with E-state index in [2.05, 4.69) is 32.6 Å². The Morgan fingerprint density at radius 3 is 2.91 bits per heavy atom. The lowest BCUT2D eigenvalue weighted by Gasteiger charge is -2.12. The van der Waals surface area contributed by atoms with E-state index >= 15 is 0 Å². The molecule has 1 aliphatic heterocycles. The van der Waals surface area contributed by atoms with Crippen molar-refractivity contribution in [2.75, 3.05) is 11.9 Å². The average Bonchev–Trinajstić information content (AvgIpc) is 3.25. The molecule has 0 aliphatic carbocycles. The molecule has 1 aromatic carbocycles. The van der Waals surface area contributed by atoms with Gasteiger partial charge in [-0.05, 0) is 5.56 Å². The van der Waals surface area contributed by atoms with Crippen LogP contribution >= 0.6 is 0 Å². The minimum atomic E-state index is 0.700. The number of ether oxygens (including phenoxy) is 1. The average molecular weight is 292 g/mol. The zero-order chi connectivity index (χ0) is 14.8. The SMILES string of the molecule is c1ccc(CNc2ncc(-c3cn[nH]c3)c3c2CCO3)cc1. The molecule has 5 heteroatoms. The summed E-state index contributed by atoms with van der Waals surface area (Å²) in [6.07, 6.45) is 6.37. The molecule has 5 nitrogen and oxygen atoms in total. The zero-order valence-corrected chi connectivity index (χ0v) is 12.0. The van der Waals surface area contributed by atoms with Gasteiger partial charge in [-0.1, -0.05) is 30.3 Å². The molecule has 2 N–H and O–H groups in total. The van der Waals surface area contributed by atoms with Crippen LogP contribution in [0.1, 0.15) is 11.1 Å². The zero-order valence-electron chi connectivity index (χ0n) is 12.0. The van der Waals surface area contributed by atoms with E-state index in [0.717, 1.165) is 41.2 Å². The molecule has 0 saturated heterocycles. The topological polar surface area (TPSA) is 62.8 Å². The van der Waals surface area contributed by atoms with Crippen molar-refractivity contribution in [2.24, 2.45) is 0 Å². The second-order valence-electron chi connectivity index (χ2n) is 5.25. The Hall–Kier alpha value is -2.82. The number of nitrogens with zero attached hydrogens (tertiary/aromatic N) is 2. The predicted octanol–water partition coefficient (Wildman–Crippen LogP) is 3.02. The van der Waals surface area contributed by atoms with Crippen molar-refractivity contribution >= 4 is 5.82 Å². The smallest absolute Gasteiger partial charge is 0.135 e. The first-order valence-corrected chi connectivity index (χ1v) is 7.33. The van der Waals surface area contributed by atoms with Crippen molar-refractivity contribution in [1.82, 2.24) is 15.2 Å². The van der Waals surface area contributed by atoms with Crippen molar-refractivity contribution < 1.29 is 4.74 Å². The molecule has 2 aromatic heterocycles. The molecule has 0 bridgehead atoms. The minimum absolute atomic E-state index is 0.700. The Bertz CT molecular complexity index is 769. The Morgan fingerprint density at radius 1 is 1.18 bits per heavy atom. The second-order valence-corrected chi connectivity index (χ2v) is 5.25. The Balaban J connectivity index is 1.63. The van der Waals surface area contributed by atoms with Gasteiger partial charge < -0.3 is 10.1 Å². The van der Waals surface area contributed by atoms with Gasteiger partial charge >= 0.3 is 0 Å². The van der Waals surface area contributed by atoms with Crippen molar-refractivity contribution in [1.29, 1.82) is 0 Å². The molecule has 4 rings (SSSR count). The lowest BCUT2D eigenvalue weighted by atomic mass is 10.1. The number of aromatic amines is 1. The third-order valence-corrected chi connectivity index (χ3v) is 3.84. The van der Waals surface area contributed by atoms with E-state index in [9.17, 15) is 0 Å². The van der Waals surface area contributed by atoms with Crippen LogP contribution in [0.25, 0.3) is 11.1 Å². The summed E-state index contributed by atoms with van der Waals surface area (Å²) >= 11 is 0. The molecule has 0 saturated carbocycles. The molecule has 110 valence electrons. The van der Waals surface area contributed by atoms with E-state index in [1.165, 1.54) is 5.56 Å². The molecule has 0 radical (unpaired) electrons. The Morgan fingerprint density at radius 2 is 2.09 bits per heavy atom. The highest BCUT2D eigenvalue weighted by atomic mass is 16.5. The first kappa shape index (κ1) is 12.9. The van der Waals surface area contributed by atoms with Crippen LogP contribution in [0.3, 0.4) is 0 Å². The molecular formula is C17H16N4O. The molecule has 0 atom stereocenters. The highest BCUT2D eigenvalue weighted by Gasteiger charge is 2.22. The van der Waals surface area contributed by atoms with Gasteiger partial charge in [0.1, 0.15) is 11.6 Å². The van der Waals surface area contributed by atoms with E-state index in [1.807, 2.05) is 30.6 Å². The second kappa shape index (κ2) is 5.52. The van der Waals surface area contributed by atoms with Crippen LogP contribution in [-0.4, -0.2) is 21.8 Å². The molecule has 3 heterocycles. The number of hydrogen-bond acceptors (Lipinski definition) is 4. The quantitative estimate of drug-likeness (QED) is 0.776. The maximum Gasteiger partial charge on any atom is 0.135 e. The van der Waals surface area contributed by atoms with Crippen molar-refractivity contribution in [3.8, 4) is 16.9 Å². The summed E-state index contributed by atoms with van der Waals surface area (Å²) in [5.41, 5.74) is 4.37. The lowest BCUT2D eigenvalue weighted by Crippen LogP contribution is -2.04. The molecule has 22 heavy (non-hydrogen) atoms. The fourth-order valence-corrected chi connectivity index (χ4v) is 2.73. The number of nitrogens with one attached hydrogen (secondary N) is 2. The monoisotopic (exact) mass is 292 g/mol. The van der Waals surface area contributed by atoms with Crippen molar-refractivity contribution in [3.05, 3.63) is 60.0 Å². The van der Waals surface area contributed by atoms with Gasteiger partial charge in [-0.3, -0.25) is 5.10 Å². The largest absolute Gasteiger partial charge is 0.492 e. The summed E-state index contributed by atoms with van der Waals surface area (Å²) in [5.74, 6) is 1.83. The van der Waals surface area contributed by atoms with E-state index in [0.29, 0.717) is 6.61 Å². The number of rotatable bonds is 4. The fraction of sp³-hybridized carbons (Fsp3) is 0.176. The molecule has 0 amide bonds. The van der Waals surface area contributed by atoms with Gasteiger partial charge in [0.05, 0.1) is 12.8 Å². The van der Waals surface area contributed by atoms with Gasteiger partial charge in [-0.25, -0.2) is 4.98 Å². The third-order valence-electron chi connectivity index (χ3n) is 3.84. The van der Waals surface area contributed by atoms with Gasteiger partial charge in [0.2, 0.25) is 0 Å². The number of aromatic nitrogens is 3. The van der Waals surface area contributed by atoms with E-state index < -0.39 is 0 Å². The normalized spacial score (nSPS) is 12.7. The van der Waals surface area contributed by atoms with Gasteiger partial charge in [0, 0.05) is 42.0 Å². The summed E-state index contributed by atoms with van der Waals surface area (Å²) in [6, 6.07) is 10.3. The van der Waals surface area contributed by atoms with E-state index in [4.69, 9.17) is 4.74 Å². The number of hydrogen-bond donors (Lipinski definition) is 2. The Kier molecular flexibility index (Phi) is 3.23. The lowest BCUT2D eigenvalue weighted by molar-refractivity contribution is 0.358. The predicted molar refractivity (Wildman–Crippen MR) is 84.8 cm³/mol. The van der Waals surface area contributed by atoms with Gasteiger partial charge in [-0.15, -0.1) is 0 Å². The van der Waals surface area contributed by atoms with E-state index in [-0.39, 0.29) is 0 Å². The highest BCUT2D eigenvalue weighted by molar-refractivity contribution is 5.74. The molecular weight excluding hydrogens is 276 g/mol. The van der Waals surface area contributed by atoms with Crippen molar-refractivity contribution in [2.45, 2.75) is 13.0 Å². The van der Waals surface area contributed by atoms with Crippen LogP contribution in [0, 0.1) is 0 Å². The van der Waals surface area contributed by atoms with Crippen LogP contribution in [0.4, 0.5) is 5.82 Å². The first-order valence-electron chi connectivity index (χ1n) is 7.33. The summed E-state index contributed by atoms with van der Waals surface area (Å²) in [7, 11) is 0. The van der Waals surface area contributed by atoms with Crippen LogP contribution in [0.5, 0.6) is 5.75 Å². The number of fused-ring (bicyclic) bond motifs is 1. The van der Waals surface area contributed by atoms with Crippen LogP contribution in [0.2, 0.25) is 0 Å². The van der Waals surface area contributed by atoms with Gasteiger partial charge in [0.25, 0.3) is 0 Å². The first-order chi connectivity index (χ1) is 10.9. The summed E-state index contributed by atoms with van der Waals surface area (Å²) in [4.78, 5) is 4.59. The number of anilines is 1. The van der Waals surface area contributed by atoms with E-state index in [1.54, 1.807) is 6.20 Å². The number of benzene rings is 1. The van der Waals surface area contributed by atoms with Crippen LogP contribution < -0.4 is 10.1 Å². The number of pyridine rings is 1. The van der Waals surface area contributed by atoms with Gasteiger partial charge in [-0.2, -0.15) is 5.10 Å². The fourth-order valence-electron chi connectivity index (χ4n) is 2.73. The van der Waals surface area contributed by atoms with Crippen molar-refractivity contribution in [3.63, 3.8) is 0 Å². The van der Waals surface area contributed by atoms with Crippen LogP contribution in [-0.2, 0) is 13.0 Å². The highest BCUT2D eigenvalue weighted by Crippen LogP contribution is 2.39. The third kappa shape index (κ3) is 2.30. The molecule has 0 spiro atoms. The standard InChI is InChI=1S/C17H16N4O/c1-2-4-12(5-3-1)8-18-17-14-6-7-22-16(14)15(11-19-17)13-9-20-21-10-13/h1-5,9-11H,6-8H2,(H,18,19)(H,20,21). The van der Waals surface area contributed by atoms with Gasteiger partial charge in [0.15, 0.2) is 0 Å². The maximum absolute atomic E-state index is 5.82. The Labute approximate surface area is 128 Å². The molecule has 1 aliphatic rings.